The third kappa shape index (κ3) is 4.13. The highest BCUT2D eigenvalue weighted by molar-refractivity contribution is 6.32. The minimum atomic E-state index is -1.09. The van der Waals surface area contributed by atoms with Crippen LogP contribution >= 0.6 is 11.6 Å². The van der Waals surface area contributed by atoms with Gasteiger partial charge in [-0.25, -0.2) is 5.32 Å². The van der Waals surface area contributed by atoms with E-state index in [1.165, 1.54) is 6.20 Å². The zero-order chi connectivity index (χ0) is 20.4. The Morgan fingerprint density at radius 1 is 1.17 bits per heavy atom. The summed E-state index contributed by atoms with van der Waals surface area (Å²) in [6.07, 6.45) is 3.23. The van der Waals surface area contributed by atoms with Gasteiger partial charge in [-0.2, -0.15) is 5.26 Å². The quantitative estimate of drug-likeness (QED) is 0.518. The van der Waals surface area contributed by atoms with E-state index < -0.39 is 12.6 Å². The molecule has 0 saturated heterocycles. The minimum absolute atomic E-state index is 0.247. The Balaban J connectivity index is 1.59. The molecule has 2 atom stereocenters. The van der Waals surface area contributed by atoms with Gasteiger partial charge in [-0.05, 0) is 29.8 Å². The van der Waals surface area contributed by atoms with Gasteiger partial charge < -0.3 is 20.1 Å². The van der Waals surface area contributed by atoms with Crippen LogP contribution in [0.1, 0.15) is 16.8 Å². The van der Waals surface area contributed by atoms with Gasteiger partial charge in [0.15, 0.2) is 11.5 Å². The Kier molecular flexibility index (Phi) is 5.29. The topological polar surface area (TPSA) is 119 Å². The number of halogens is 1. The summed E-state index contributed by atoms with van der Waals surface area (Å²) in [5, 5.41) is 42.0. The lowest BCUT2D eigenvalue weighted by molar-refractivity contribution is 0.0482. The van der Waals surface area contributed by atoms with Crippen molar-refractivity contribution in [3.63, 3.8) is 0 Å². The lowest BCUT2D eigenvalue weighted by atomic mass is 10.1. The van der Waals surface area contributed by atoms with E-state index in [-0.39, 0.29) is 5.15 Å². The standard InChI is InChI=1S/C20H17ClN6O2/c21-18-15(7-17(25-26-18)16-9-23-20(29)24-19(16)28)14-5-6-27(11-14)10-13-3-1-12(8-22)2-4-13/h1-7,9,11,19-20,23-24,28-29H,10H2. The van der Waals surface area contributed by atoms with E-state index >= 15 is 0 Å². The van der Waals surface area contributed by atoms with Crippen molar-refractivity contribution in [1.82, 2.24) is 25.4 Å². The van der Waals surface area contributed by atoms with E-state index in [0.717, 1.165) is 11.1 Å². The maximum Gasteiger partial charge on any atom is 0.183 e. The first-order valence-corrected chi connectivity index (χ1v) is 9.18. The lowest BCUT2D eigenvalue weighted by Gasteiger charge is -2.25. The maximum atomic E-state index is 10.1. The molecule has 0 aliphatic carbocycles. The van der Waals surface area contributed by atoms with E-state index in [9.17, 15) is 10.2 Å². The van der Waals surface area contributed by atoms with Crippen LogP contribution in [0.5, 0.6) is 0 Å². The van der Waals surface area contributed by atoms with Crippen molar-refractivity contribution < 1.29 is 10.2 Å². The Labute approximate surface area is 171 Å². The van der Waals surface area contributed by atoms with Crippen LogP contribution in [0.2, 0.25) is 5.15 Å². The summed E-state index contributed by atoms with van der Waals surface area (Å²) < 4.78 is 2.00. The first kappa shape index (κ1) is 19.1. The summed E-state index contributed by atoms with van der Waals surface area (Å²) in [5.41, 5.74) is 4.10. The fourth-order valence-electron chi connectivity index (χ4n) is 3.06. The Morgan fingerprint density at radius 2 is 1.97 bits per heavy atom. The molecular formula is C20H17ClN6O2. The molecule has 3 heterocycles. The molecule has 1 aliphatic heterocycles. The molecule has 0 amide bonds. The molecule has 8 nitrogen and oxygen atoms in total. The summed E-state index contributed by atoms with van der Waals surface area (Å²) in [6, 6.07) is 13.2. The summed E-state index contributed by atoms with van der Waals surface area (Å²) in [4.78, 5) is 0. The van der Waals surface area contributed by atoms with Crippen LogP contribution in [0.15, 0.2) is 55.0 Å². The van der Waals surface area contributed by atoms with Crippen LogP contribution in [0.4, 0.5) is 0 Å². The van der Waals surface area contributed by atoms with E-state index in [1.54, 1.807) is 18.2 Å². The number of aromatic nitrogens is 3. The molecule has 9 heteroatoms. The van der Waals surface area contributed by atoms with Gasteiger partial charge in [0.05, 0.1) is 17.3 Å². The molecule has 0 fully saturated rings. The first-order chi connectivity index (χ1) is 14.0. The average Bonchev–Trinajstić information content (AvgIpc) is 3.17. The highest BCUT2D eigenvalue weighted by Crippen LogP contribution is 2.29. The first-order valence-electron chi connectivity index (χ1n) is 8.80. The van der Waals surface area contributed by atoms with Crippen molar-refractivity contribution in [3.05, 3.63) is 77.0 Å². The number of hydrogen-bond donors (Lipinski definition) is 4. The van der Waals surface area contributed by atoms with Gasteiger partial charge in [-0.3, -0.25) is 0 Å². The molecule has 0 bridgehead atoms. The smallest absolute Gasteiger partial charge is 0.183 e. The molecule has 0 saturated carbocycles. The summed E-state index contributed by atoms with van der Waals surface area (Å²) in [5.74, 6) is 0. The van der Waals surface area contributed by atoms with Gasteiger partial charge >= 0.3 is 0 Å². The van der Waals surface area contributed by atoms with E-state index in [1.807, 2.05) is 35.2 Å². The number of nitrogens with zero attached hydrogens (tertiary/aromatic N) is 4. The Bertz CT molecular complexity index is 1100. The van der Waals surface area contributed by atoms with E-state index in [0.29, 0.717) is 28.9 Å². The third-order valence-electron chi connectivity index (χ3n) is 4.56. The highest BCUT2D eigenvalue weighted by atomic mass is 35.5. The zero-order valence-corrected chi connectivity index (χ0v) is 15.9. The average molecular weight is 409 g/mol. The number of aliphatic hydroxyl groups is 2. The summed E-state index contributed by atoms with van der Waals surface area (Å²) in [7, 11) is 0. The Morgan fingerprint density at radius 3 is 2.69 bits per heavy atom. The van der Waals surface area contributed by atoms with Gasteiger partial charge in [-0.15, -0.1) is 10.2 Å². The number of benzene rings is 1. The van der Waals surface area contributed by atoms with Crippen LogP contribution in [0, 0.1) is 11.3 Å². The van der Waals surface area contributed by atoms with Crippen molar-refractivity contribution in [3.8, 4) is 17.2 Å². The van der Waals surface area contributed by atoms with Gasteiger partial charge in [0, 0.05) is 41.8 Å². The normalized spacial score (nSPS) is 18.6. The molecule has 4 N–H and O–H groups in total. The molecule has 0 radical (unpaired) electrons. The van der Waals surface area contributed by atoms with Crippen LogP contribution in [-0.4, -0.2) is 37.6 Å². The number of aliphatic hydroxyl groups excluding tert-OH is 2. The summed E-state index contributed by atoms with van der Waals surface area (Å²) >= 11 is 6.27. The second kappa shape index (κ2) is 8.03. The molecule has 0 spiro atoms. The molecule has 146 valence electrons. The number of hydrogen-bond acceptors (Lipinski definition) is 7. The van der Waals surface area contributed by atoms with Crippen LogP contribution in [0.3, 0.4) is 0 Å². The molecule has 2 aromatic heterocycles. The van der Waals surface area contributed by atoms with Crippen molar-refractivity contribution in [2.45, 2.75) is 19.1 Å². The second-order valence-electron chi connectivity index (χ2n) is 6.55. The molecule has 29 heavy (non-hydrogen) atoms. The van der Waals surface area contributed by atoms with Gasteiger partial charge in [0.2, 0.25) is 0 Å². The molecule has 1 aliphatic rings. The van der Waals surface area contributed by atoms with Crippen LogP contribution < -0.4 is 10.6 Å². The van der Waals surface area contributed by atoms with Crippen molar-refractivity contribution in [1.29, 1.82) is 5.26 Å². The van der Waals surface area contributed by atoms with Crippen LogP contribution in [0.25, 0.3) is 16.7 Å². The maximum absolute atomic E-state index is 10.1. The SMILES string of the molecule is N#Cc1ccc(Cn2ccc(-c3cc(C4=CNC(O)NC4O)nnc3Cl)c2)cc1. The van der Waals surface area contributed by atoms with Gasteiger partial charge in [-0.1, -0.05) is 23.7 Å². The van der Waals surface area contributed by atoms with Gasteiger partial charge in [0.25, 0.3) is 0 Å². The molecule has 3 aromatic rings. The van der Waals surface area contributed by atoms with Crippen molar-refractivity contribution >= 4 is 17.2 Å². The largest absolute Gasteiger partial charge is 0.374 e. The highest BCUT2D eigenvalue weighted by Gasteiger charge is 2.23. The molecule has 4 rings (SSSR count). The summed E-state index contributed by atoms with van der Waals surface area (Å²) in [6.45, 7) is 0.643. The minimum Gasteiger partial charge on any atom is -0.374 e. The lowest BCUT2D eigenvalue weighted by Crippen LogP contribution is -2.49. The second-order valence-corrected chi connectivity index (χ2v) is 6.91. The van der Waals surface area contributed by atoms with Gasteiger partial charge in [0.1, 0.15) is 6.23 Å². The predicted molar refractivity (Wildman–Crippen MR) is 107 cm³/mol. The monoisotopic (exact) mass is 408 g/mol. The third-order valence-corrected chi connectivity index (χ3v) is 4.84. The van der Waals surface area contributed by atoms with E-state index in [4.69, 9.17) is 16.9 Å². The number of nitrogens with one attached hydrogen (secondary N) is 2. The fraction of sp³-hybridized carbons (Fsp3) is 0.150. The fourth-order valence-corrected chi connectivity index (χ4v) is 3.26. The predicted octanol–water partition coefficient (Wildman–Crippen LogP) is 1.65. The zero-order valence-electron chi connectivity index (χ0n) is 15.1. The number of nitriles is 1. The van der Waals surface area contributed by atoms with Crippen molar-refractivity contribution in [2.24, 2.45) is 0 Å². The van der Waals surface area contributed by atoms with Crippen molar-refractivity contribution in [2.75, 3.05) is 0 Å². The molecule has 1 aromatic carbocycles. The van der Waals surface area contributed by atoms with Crippen LogP contribution in [-0.2, 0) is 6.54 Å². The number of rotatable bonds is 4. The molecule has 2 unspecified atom stereocenters. The van der Waals surface area contributed by atoms with E-state index in [2.05, 4.69) is 26.9 Å². The Hall–Kier alpha value is -3.22. The molecular weight excluding hydrogens is 392 g/mol.